The van der Waals surface area contributed by atoms with Crippen molar-refractivity contribution in [2.45, 2.75) is 12.8 Å². The number of hydrogen-bond acceptors (Lipinski definition) is 5. The summed E-state index contributed by atoms with van der Waals surface area (Å²) in [5.74, 6) is 1.45. The van der Waals surface area contributed by atoms with Gasteiger partial charge in [0.2, 0.25) is 0 Å². The van der Waals surface area contributed by atoms with Gasteiger partial charge in [0.1, 0.15) is 28.5 Å². The summed E-state index contributed by atoms with van der Waals surface area (Å²) >= 11 is 6.47. The molecular formula is C24H19ClN4O3. The number of imidazole rings is 1. The Bertz CT molecular complexity index is 1440. The summed E-state index contributed by atoms with van der Waals surface area (Å²) in [6.45, 7) is 1.83. The molecule has 0 spiro atoms. The molecule has 3 aromatic heterocycles. The predicted octanol–water partition coefficient (Wildman–Crippen LogP) is 5.21. The van der Waals surface area contributed by atoms with E-state index in [2.05, 4.69) is 19.9 Å². The Morgan fingerprint density at radius 3 is 2.72 bits per heavy atom. The van der Waals surface area contributed by atoms with Gasteiger partial charge in [0, 0.05) is 23.7 Å². The molecule has 2 aromatic carbocycles. The van der Waals surface area contributed by atoms with Gasteiger partial charge in [-0.15, -0.1) is 0 Å². The zero-order valence-corrected chi connectivity index (χ0v) is 17.8. The molecule has 0 radical (unpaired) electrons. The van der Waals surface area contributed by atoms with Crippen LogP contribution in [-0.2, 0) is 0 Å². The molecule has 0 amide bonds. The number of ketones is 1. The number of pyridine rings is 1. The first-order chi connectivity index (χ1) is 15.5. The van der Waals surface area contributed by atoms with Crippen molar-refractivity contribution in [3.63, 3.8) is 0 Å². The number of carbonyl (C=O) groups is 1. The number of nitrogens with zero attached hydrogens (tertiary/aromatic N) is 2. The van der Waals surface area contributed by atoms with E-state index in [4.69, 9.17) is 16.3 Å². The summed E-state index contributed by atoms with van der Waals surface area (Å²) in [5.41, 5.74) is 2.67. The first kappa shape index (κ1) is 20.2. The number of hydrogen-bond donors (Lipinski definition) is 3. The molecule has 1 atom stereocenters. The van der Waals surface area contributed by atoms with Gasteiger partial charge < -0.3 is 19.8 Å². The van der Waals surface area contributed by atoms with Gasteiger partial charge in [0.05, 0.1) is 34.3 Å². The highest BCUT2D eigenvalue weighted by atomic mass is 35.5. The third-order valence-corrected chi connectivity index (χ3v) is 5.64. The molecule has 0 fully saturated rings. The van der Waals surface area contributed by atoms with Crippen LogP contribution in [0.5, 0.6) is 11.5 Å². The second kappa shape index (κ2) is 8.11. The molecule has 0 aliphatic carbocycles. The third-order valence-electron chi connectivity index (χ3n) is 5.32. The topological polar surface area (TPSA) is 104 Å². The van der Waals surface area contributed by atoms with Crippen LogP contribution in [0.3, 0.4) is 0 Å². The number of benzene rings is 2. The minimum absolute atomic E-state index is 0.0394. The van der Waals surface area contributed by atoms with Gasteiger partial charge in [-0.2, -0.15) is 0 Å². The average Bonchev–Trinajstić information content (AvgIpc) is 3.43. The van der Waals surface area contributed by atoms with E-state index < -0.39 is 0 Å². The Morgan fingerprint density at radius 1 is 1.16 bits per heavy atom. The number of nitrogens with one attached hydrogen (secondary N) is 2. The maximum atomic E-state index is 13.4. The molecule has 7 nitrogen and oxygen atoms in total. The third kappa shape index (κ3) is 3.51. The Hall–Kier alpha value is -3.68. The lowest BCUT2D eigenvalue weighted by Gasteiger charge is -2.08. The number of aromatic amines is 2. The normalized spacial score (nSPS) is 12.3. The van der Waals surface area contributed by atoms with Crippen molar-refractivity contribution >= 4 is 39.5 Å². The molecule has 0 saturated carbocycles. The van der Waals surface area contributed by atoms with Crippen LogP contribution in [0, 0.1) is 0 Å². The first-order valence-corrected chi connectivity index (χ1v) is 10.5. The molecule has 160 valence electrons. The molecule has 0 aliphatic rings. The first-order valence-electron chi connectivity index (χ1n) is 10.1. The van der Waals surface area contributed by atoms with E-state index in [-0.39, 0.29) is 23.3 Å². The van der Waals surface area contributed by atoms with Crippen molar-refractivity contribution in [3.8, 4) is 11.5 Å². The fourth-order valence-electron chi connectivity index (χ4n) is 3.59. The van der Waals surface area contributed by atoms with Crippen LogP contribution in [0.15, 0.2) is 60.9 Å². The Labute approximate surface area is 188 Å². The zero-order chi connectivity index (χ0) is 22.2. The van der Waals surface area contributed by atoms with Gasteiger partial charge >= 0.3 is 0 Å². The van der Waals surface area contributed by atoms with E-state index in [1.165, 1.54) is 0 Å². The van der Waals surface area contributed by atoms with E-state index in [0.29, 0.717) is 50.5 Å². The summed E-state index contributed by atoms with van der Waals surface area (Å²) in [7, 11) is 0. The minimum Gasteiger partial charge on any atom is -0.457 e. The van der Waals surface area contributed by atoms with E-state index >= 15 is 0 Å². The lowest BCUT2D eigenvalue weighted by molar-refractivity contribution is 0.104. The smallest absolute Gasteiger partial charge is 0.196 e. The van der Waals surface area contributed by atoms with Crippen LogP contribution in [0.1, 0.15) is 34.6 Å². The van der Waals surface area contributed by atoms with Crippen molar-refractivity contribution in [2.75, 3.05) is 6.61 Å². The highest BCUT2D eigenvalue weighted by Gasteiger charge is 2.22. The van der Waals surface area contributed by atoms with Gasteiger partial charge in [0.25, 0.3) is 0 Å². The van der Waals surface area contributed by atoms with E-state index in [9.17, 15) is 9.90 Å². The zero-order valence-electron chi connectivity index (χ0n) is 17.1. The van der Waals surface area contributed by atoms with Gasteiger partial charge in [-0.05, 0) is 24.3 Å². The van der Waals surface area contributed by atoms with Crippen molar-refractivity contribution in [3.05, 3.63) is 82.9 Å². The minimum atomic E-state index is -0.242. The Balaban J connectivity index is 1.54. The number of aliphatic hydroxyl groups is 1. The number of carbonyl (C=O) groups excluding carboxylic acids is 1. The summed E-state index contributed by atoms with van der Waals surface area (Å²) in [6.07, 6.45) is 3.26. The number of H-pyrrole nitrogens is 2. The van der Waals surface area contributed by atoms with E-state index in [1.54, 1.807) is 30.6 Å². The fourth-order valence-corrected chi connectivity index (χ4v) is 3.85. The summed E-state index contributed by atoms with van der Waals surface area (Å²) in [6, 6.07) is 14.3. The van der Waals surface area contributed by atoms with Crippen LogP contribution in [0.25, 0.3) is 22.1 Å². The average molecular weight is 447 g/mol. The molecule has 0 bridgehead atoms. The van der Waals surface area contributed by atoms with Crippen LogP contribution >= 0.6 is 11.6 Å². The molecule has 0 aliphatic heterocycles. The number of fused-ring (bicyclic) bond motifs is 3. The molecule has 0 unspecified atom stereocenters. The second-order valence-corrected chi connectivity index (χ2v) is 7.94. The number of ether oxygens (including phenoxy) is 1. The van der Waals surface area contributed by atoms with Crippen molar-refractivity contribution in [2.24, 2.45) is 0 Å². The fraction of sp³-hybridized carbons (Fsp3) is 0.125. The quantitative estimate of drug-likeness (QED) is 0.310. The monoisotopic (exact) mass is 446 g/mol. The van der Waals surface area contributed by atoms with Crippen LogP contribution in [0.4, 0.5) is 0 Å². The molecule has 3 N–H and O–H groups in total. The van der Waals surface area contributed by atoms with E-state index in [0.717, 1.165) is 0 Å². The van der Waals surface area contributed by atoms with Crippen LogP contribution < -0.4 is 4.74 Å². The van der Waals surface area contributed by atoms with E-state index in [1.807, 2.05) is 37.3 Å². The molecule has 8 heteroatoms. The number of rotatable bonds is 6. The van der Waals surface area contributed by atoms with Gasteiger partial charge in [-0.3, -0.25) is 4.79 Å². The van der Waals surface area contributed by atoms with Crippen molar-refractivity contribution < 1.29 is 14.6 Å². The highest BCUT2D eigenvalue weighted by molar-refractivity contribution is 6.36. The number of halogens is 1. The number of aliphatic hydroxyl groups excluding tert-OH is 1. The van der Waals surface area contributed by atoms with Crippen molar-refractivity contribution in [1.29, 1.82) is 0 Å². The molecule has 0 saturated heterocycles. The molecule has 32 heavy (non-hydrogen) atoms. The molecule has 5 aromatic rings. The molecule has 3 heterocycles. The Kier molecular flexibility index (Phi) is 5.13. The van der Waals surface area contributed by atoms with Gasteiger partial charge in [-0.25, -0.2) is 9.97 Å². The Morgan fingerprint density at radius 2 is 1.97 bits per heavy atom. The highest BCUT2D eigenvalue weighted by Crippen LogP contribution is 2.32. The maximum absolute atomic E-state index is 13.4. The SMILES string of the molecule is C[C@H](CO)c1nc2cnc3[nH]cc(C(=O)c4ccc(Oc5ccccc5)cc4Cl)c3c2[nH]1. The van der Waals surface area contributed by atoms with Crippen LogP contribution in [-0.4, -0.2) is 37.4 Å². The second-order valence-electron chi connectivity index (χ2n) is 7.54. The summed E-state index contributed by atoms with van der Waals surface area (Å²) in [4.78, 5) is 28.6. The number of aromatic nitrogens is 4. The maximum Gasteiger partial charge on any atom is 0.196 e. The lowest BCUT2D eigenvalue weighted by atomic mass is 10.0. The standard InChI is InChI=1S/C24H19ClN4O3/c1-13(12-30)23-28-19-11-27-24-20(21(19)29-23)17(10-26-24)22(31)16-8-7-15(9-18(16)25)32-14-5-3-2-4-6-14/h2-11,13,30H,12H2,1H3,(H,26,27)(H,28,29)/t13-/m1/s1. The predicted molar refractivity (Wildman–Crippen MR) is 123 cm³/mol. The van der Waals surface area contributed by atoms with Gasteiger partial charge in [0.15, 0.2) is 5.78 Å². The largest absolute Gasteiger partial charge is 0.457 e. The van der Waals surface area contributed by atoms with Gasteiger partial charge in [-0.1, -0.05) is 36.7 Å². The van der Waals surface area contributed by atoms with Crippen LogP contribution in [0.2, 0.25) is 5.02 Å². The summed E-state index contributed by atoms with van der Waals surface area (Å²) in [5, 5.41) is 10.4. The number of para-hydroxylation sites is 1. The molecule has 5 rings (SSSR count). The van der Waals surface area contributed by atoms with Crippen molar-refractivity contribution in [1.82, 2.24) is 19.9 Å². The lowest BCUT2D eigenvalue weighted by Crippen LogP contribution is -2.02. The molecular weight excluding hydrogens is 428 g/mol. The summed E-state index contributed by atoms with van der Waals surface area (Å²) < 4.78 is 5.80.